The van der Waals surface area contributed by atoms with E-state index in [1.165, 1.54) is 11.8 Å². The minimum absolute atomic E-state index is 0.0434. The van der Waals surface area contributed by atoms with Crippen molar-refractivity contribution in [3.05, 3.63) is 42.2 Å². The van der Waals surface area contributed by atoms with Crippen LogP contribution in [0.2, 0.25) is 0 Å². The summed E-state index contributed by atoms with van der Waals surface area (Å²) in [5, 5.41) is 8.93. The van der Waals surface area contributed by atoms with E-state index in [9.17, 15) is 14.4 Å². The van der Waals surface area contributed by atoms with Crippen LogP contribution in [0.25, 0.3) is 0 Å². The molecule has 1 heterocycles. The summed E-state index contributed by atoms with van der Waals surface area (Å²) < 4.78 is 1.84. The van der Waals surface area contributed by atoms with Crippen LogP contribution < -0.4 is 16.0 Å². The number of aromatic nitrogens is 2. The summed E-state index contributed by atoms with van der Waals surface area (Å²) in [6.07, 6.45) is 5.51. The lowest BCUT2D eigenvalue weighted by molar-refractivity contribution is -0.120. The highest BCUT2D eigenvalue weighted by atomic mass is 32.2. The van der Waals surface area contributed by atoms with Gasteiger partial charge in [-0.3, -0.25) is 14.4 Å². The standard InChI is InChI=1S/C18H21N5O3S/c1-23-9-8-19-18(23)27-11-16(25)22-13-4-2-12(3-5-13)17(26)20-10-15(24)21-14-6-7-14/h2-5,8-9,14H,6-7,10-11H2,1H3,(H,20,26)(H,21,24)(H,22,25). The molecule has 1 aliphatic carbocycles. The summed E-state index contributed by atoms with van der Waals surface area (Å²) >= 11 is 1.34. The molecule has 1 fully saturated rings. The number of imidazole rings is 1. The van der Waals surface area contributed by atoms with Crippen molar-refractivity contribution in [2.45, 2.75) is 24.0 Å². The minimum atomic E-state index is -0.329. The van der Waals surface area contributed by atoms with Gasteiger partial charge in [-0.1, -0.05) is 11.8 Å². The number of hydrogen-bond acceptors (Lipinski definition) is 5. The van der Waals surface area contributed by atoms with Crippen molar-refractivity contribution in [2.24, 2.45) is 7.05 Å². The zero-order chi connectivity index (χ0) is 19.2. The number of hydrogen-bond donors (Lipinski definition) is 3. The van der Waals surface area contributed by atoms with Crippen LogP contribution in [-0.2, 0) is 16.6 Å². The van der Waals surface area contributed by atoms with Crippen LogP contribution in [0.1, 0.15) is 23.2 Å². The fourth-order valence-corrected chi connectivity index (χ4v) is 3.02. The molecule has 8 nitrogen and oxygen atoms in total. The van der Waals surface area contributed by atoms with Crippen molar-refractivity contribution < 1.29 is 14.4 Å². The molecule has 1 aromatic carbocycles. The van der Waals surface area contributed by atoms with Gasteiger partial charge in [0.2, 0.25) is 11.8 Å². The largest absolute Gasteiger partial charge is 0.352 e. The van der Waals surface area contributed by atoms with Crippen molar-refractivity contribution in [3.63, 3.8) is 0 Å². The van der Waals surface area contributed by atoms with Gasteiger partial charge < -0.3 is 20.5 Å². The van der Waals surface area contributed by atoms with Crippen LogP contribution in [0, 0.1) is 0 Å². The molecule has 0 radical (unpaired) electrons. The number of nitrogens with zero attached hydrogens (tertiary/aromatic N) is 2. The normalized spacial score (nSPS) is 13.1. The monoisotopic (exact) mass is 387 g/mol. The molecule has 0 unspecified atom stereocenters. The topological polar surface area (TPSA) is 105 Å². The van der Waals surface area contributed by atoms with Crippen LogP contribution in [0.15, 0.2) is 41.8 Å². The van der Waals surface area contributed by atoms with Gasteiger partial charge in [-0.15, -0.1) is 0 Å². The molecule has 0 atom stereocenters. The summed E-state index contributed by atoms with van der Waals surface area (Å²) in [5.74, 6) is -0.426. The Labute approximate surface area is 161 Å². The minimum Gasteiger partial charge on any atom is -0.352 e. The Balaban J connectivity index is 1.43. The maximum atomic E-state index is 12.1. The highest BCUT2D eigenvalue weighted by Gasteiger charge is 2.23. The molecule has 0 saturated heterocycles. The van der Waals surface area contributed by atoms with Crippen molar-refractivity contribution in [1.29, 1.82) is 0 Å². The quantitative estimate of drug-likeness (QED) is 0.590. The first-order valence-electron chi connectivity index (χ1n) is 8.59. The first kappa shape index (κ1) is 19.0. The molecule has 0 aliphatic heterocycles. The van der Waals surface area contributed by atoms with Crippen molar-refractivity contribution in [2.75, 3.05) is 17.6 Å². The summed E-state index contributed by atoms with van der Waals surface area (Å²) in [4.78, 5) is 39.8. The lowest BCUT2D eigenvalue weighted by Gasteiger charge is -2.08. The summed E-state index contributed by atoms with van der Waals surface area (Å²) in [7, 11) is 1.87. The maximum absolute atomic E-state index is 12.1. The third kappa shape index (κ3) is 5.85. The van der Waals surface area contributed by atoms with Gasteiger partial charge in [0.15, 0.2) is 5.16 Å². The SMILES string of the molecule is Cn1ccnc1SCC(=O)Nc1ccc(C(=O)NCC(=O)NC2CC2)cc1. The van der Waals surface area contributed by atoms with E-state index in [1.807, 2.05) is 17.8 Å². The summed E-state index contributed by atoms with van der Waals surface area (Å²) in [6, 6.07) is 6.80. The van der Waals surface area contributed by atoms with Gasteiger partial charge in [0.05, 0.1) is 12.3 Å². The number of thioether (sulfide) groups is 1. The van der Waals surface area contributed by atoms with E-state index >= 15 is 0 Å². The highest BCUT2D eigenvalue weighted by Crippen LogP contribution is 2.18. The second kappa shape index (κ2) is 8.72. The summed E-state index contributed by atoms with van der Waals surface area (Å²) in [5.41, 5.74) is 1.03. The number of amides is 3. The van der Waals surface area contributed by atoms with E-state index in [0.29, 0.717) is 11.3 Å². The van der Waals surface area contributed by atoms with Gasteiger partial charge in [0.1, 0.15) is 0 Å². The van der Waals surface area contributed by atoms with E-state index in [4.69, 9.17) is 0 Å². The highest BCUT2D eigenvalue weighted by molar-refractivity contribution is 7.99. The van der Waals surface area contributed by atoms with Crippen LogP contribution in [0.3, 0.4) is 0 Å². The second-order valence-corrected chi connectivity index (χ2v) is 7.20. The molecular formula is C18H21N5O3S. The number of carbonyl (C=O) groups excluding carboxylic acids is 3. The number of carbonyl (C=O) groups is 3. The number of aryl methyl sites for hydroxylation is 1. The molecule has 1 aromatic heterocycles. The average molecular weight is 387 g/mol. The molecule has 3 amide bonds. The average Bonchev–Trinajstić information content (AvgIpc) is 3.37. The molecule has 9 heteroatoms. The predicted octanol–water partition coefficient (Wildman–Crippen LogP) is 1.16. The fourth-order valence-electron chi connectivity index (χ4n) is 2.29. The fraction of sp³-hybridized carbons (Fsp3) is 0.333. The van der Waals surface area contributed by atoms with Gasteiger partial charge in [-0.05, 0) is 37.1 Å². The number of anilines is 1. The lowest BCUT2D eigenvalue weighted by Crippen LogP contribution is -2.37. The molecule has 3 rings (SSSR count). The van der Waals surface area contributed by atoms with E-state index in [-0.39, 0.29) is 36.1 Å². The van der Waals surface area contributed by atoms with Crippen LogP contribution in [0.5, 0.6) is 0 Å². The zero-order valence-corrected chi connectivity index (χ0v) is 15.7. The lowest BCUT2D eigenvalue weighted by atomic mass is 10.2. The summed E-state index contributed by atoms with van der Waals surface area (Å²) in [6.45, 7) is -0.0434. The Morgan fingerprint density at radius 1 is 1.19 bits per heavy atom. The molecule has 27 heavy (non-hydrogen) atoms. The first-order valence-corrected chi connectivity index (χ1v) is 9.57. The van der Waals surface area contributed by atoms with Crippen LogP contribution in [0.4, 0.5) is 5.69 Å². The van der Waals surface area contributed by atoms with Crippen LogP contribution >= 0.6 is 11.8 Å². The van der Waals surface area contributed by atoms with E-state index in [2.05, 4.69) is 20.9 Å². The number of rotatable bonds is 8. The molecule has 1 aliphatic rings. The Bertz CT molecular complexity index is 830. The Hall–Kier alpha value is -2.81. The molecule has 1 saturated carbocycles. The van der Waals surface area contributed by atoms with Gasteiger partial charge in [-0.25, -0.2) is 4.98 Å². The first-order chi connectivity index (χ1) is 13.0. The third-order valence-corrected chi connectivity index (χ3v) is 4.95. The second-order valence-electron chi connectivity index (χ2n) is 6.26. The molecule has 3 N–H and O–H groups in total. The van der Waals surface area contributed by atoms with Crippen molar-refractivity contribution >= 4 is 35.2 Å². The maximum Gasteiger partial charge on any atom is 0.251 e. The van der Waals surface area contributed by atoms with Gasteiger partial charge >= 0.3 is 0 Å². The van der Waals surface area contributed by atoms with E-state index in [0.717, 1.165) is 18.0 Å². The molecule has 2 aromatic rings. The van der Waals surface area contributed by atoms with Gasteiger partial charge in [0, 0.05) is 36.7 Å². The molecule has 142 valence electrons. The number of nitrogens with one attached hydrogen (secondary N) is 3. The Morgan fingerprint density at radius 2 is 1.93 bits per heavy atom. The molecular weight excluding hydrogens is 366 g/mol. The Kier molecular flexibility index (Phi) is 6.12. The van der Waals surface area contributed by atoms with E-state index < -0.39 is 0 Å². The molecule has 0 bridgehead atoms. The van der Waals surface area contributed by atoms with E-state index in [1.54, 1.807) is 30.5 Å². The predicted molar refractivity (Wildman–Crippen MR) is 103 cm³/mol. The van der Waals surface area contributed by atoms with Crippen LogP contribution in [-0.4, -0.2) is 45.6 Å². The van der Waals surface area contributed by atoms with Gasteiger partial charge in [0.25, 0.3) is 5.91 Å². The third-order valence-electron chi connectivity index (χ3n) is 3.89. The van der Waals surface area contributed by atoms with Crippen molar-refractivity contribution in [3.8, 4) is 0 Å². The van der Waals surface area contributed by atoms with Crippen molar-refractivity contribution in [1.82, 2.24) is 20.2 Å². The van der Waals surface area contributed by atoms with Gasteiger partial charge in [-0.2, -0.15) is 0 Å². The smallest absolute Gasteiger partial charge is 0.251 e. The molecule has 0 spiro atoms. The zero-order valence-electron chi connectivity index (χ0n) is 14.9. The Morgan fingerprint density at radius 3 is 2.56 bits per heavy atom. The number of benzene rings is 1.